The predicted octanol–water partition coefficient (Wildman–Crippen LogP) is 2.73. The van der Waals surface area contributed by atoms with Crippen LogP contribution in [0.4, 0.5) is 5.69 Å². The average Bonchev–Trinajstić information content (AvgIpc) is 3.06. The Morgan fingerprint density at radius 1 is 1.30 bits per heavy atom. The zero-order valence-corrected chi connectivity index (χ0v) is 13.0. The van der Waals surface area contributed by atoms with E-state index in [0.717, 1.165) is 0 Å². The zero-order valence-electron chi connectivity index (χ0n) is 12.2. The second kappa shape index (κ2) is 6.81. The highest BCUT2D eigenvalue weighted by Crippen LogP contribution is 2.25. The van der Waals surface area contributed by atoms with Crippen LogP contribution in [-0.4, -0.2) is 36.2 Å². The van der Waals surface area contributed by atoms with Gasteiger partial charge in [-0.3, -0.25) is 4.79 Å². The number of nitrogens with one attached hydrogen (secondary N) is 1. The summed E-state index contributed by atoms with van der Waals surface area (Å²) < 4.78 is 5.57. The van der Waals surface area contributed by atoms with E-state index in [9.17, 15) is 4.79 Å². The number of carbonyl (C=O) groups excluding carboxylic acids is 1. The molecule has 0 aromatic heterocycles. The van der Waals surface area contributed by atoms with Crippen molar-refractivity contribution in [2.75, 3.05) is 18.5 Å². The SMILES string of the molecule is O=C(Nc1ccc(Cl)cc1C1=NCC(CO)O1)c1ccccc1. The molecule has 2 aromatic carbocycles. The number of nitrogens with zero attached hydrogens (tertiary/aromatic N) is 1. The number of hydrogen-bond acceptors (Lipinski definition) is 4. The van der Waals surface area contributed by atoms with Gasteiger partial charge in [0.15, 0.2) is 0 Å². The molecule has 2 aromatic rings. The Hall–Kier alpha value is -2.37. The van der Waals surface area contributed by atoms with Gasteiger partial charge in [0, 0.05) is 10.6 Å². The lowest BCUT2D eigenvalue weighted by Crippen LogP contribution is -2.19. The first-order valence-corrected chi connectivity index (χ1v) is 7.53. The quantitative estimate of drug-likeness (QED) is 0.905. The number of aliphatic hydroxyl groups is 1. The van der Waals surface area contributed by atoms with Crippen LogP contribution < -0.4 is 5.32 Å². The van der Waals surface area contributed by atoms with Crippen LogP contribution in [0, 0.1) is 0 Å². The van der Waals surface area contributed by atoms with Crippen molar-refractivity contribution in [1.29, 1.82) is 0 Å². The van der Waals surface area contributed by atoms with Crippen LogP contribution in [0.1, 0.15) is 15.9 Å². The highest BCUT2D eigenvalue weighted by atomic mass is 35.5. The molecule has 5 nitrogen and oxygen atoms in total. The minimum atomic E-state index is -0.360. The van der Waals surface area contributed by atoms with Crippen molar-refractivity contribution in [2.45, 2.75) is 6.10 Å². The minimum absolute atomic E-state index is 0.112. The van der Waals surface area contributed by atoms with E-state index in [1.807, 2.05) is 6.07 Å². The van der Waals surface area contributed by atoms with Crippen LogP contribution in [0.25, 0.3) is 0 Å². The number of ether oxygens (including phenoxy) is 1. The van der Waals surface area contributed by atoms with E-state index in [-0.39, 0.29) is 18.6 Å². The number of amides is 1. The normalized spacial score (nSPS) is 16.6. The topological polar surface area (TPSA) is 70.9 Å². The number of halogens is 1. The summed E-state index contributed by atoms with van der Waals surface area (Å²) in [6, 6.07) is 14.0. The third kappa shape index (κ3) is 3.52. The monoisotopic (exact) mass is 330 g/mol. The Kier molecular flexibility index (Phi) is 4.60. The molecule has 1 atom stereocenters. The van der Waals surface area contributed by atoms with Gasteiger partial charge in [0.05, 0.1) is 24.4 Å². The fraction of sp³-hybridized carbons (Fsp3) is 0.176. The minimum Gasteiger partial charge on any atom is -0.470 e. The van der Waals surface area contributed by atoms with Gasteiger partial charge in [-0.15, -0.1) is 0 Å². The van der Waals surface area contributed by atoms with Crippen LogP contribution in [0.5, 0.6) is 0 Å². The van der Waals surface area contributed by atoms with Crippen molar-refractivity contribution in [3.8, 4) is 0 Å². The number of benzene rings is 2. The fourth-order valence-corrected chi connectivity index (χ4v) is 2.42. The van der Waals surface area contributed by atoms with Crippen LogP contribution in [0.3, 0.4) is 0 Å². The molecule has 3 rings (SSSR count). The van der Waals surface area contributed by atoms with Gasteiger partial charge in [0.25, 0.3) is 5.91 Å². The van der Waals surface area contributed by atoms with Crippen molar-refractivity contribution < 1.29 is 14.6 Å². The maximum atomic E-state index is 12.3. The third-order valence-electron chi connectivity index (χ3n) is 3.42. The maximum absolute atomic E-state index is 12.3. The summed E-state index contributed by atoms with van der Waals surface area (Å²) in [4.78, 5) is 16.6. The molecule has 1 unspecified atom stereocenters. The predicted molar refractivity (Wildman–Crippen MR) is 89.2 cm³/mol. The van der Waals surface area contributed by atoms with E-state index in [1.165, 1.54) is 0 Å². The number of hydrogen-bond donors (Lipinski definition) is 2. The van der Waals surface area contributed by atoms with Crippen molar-refractivity contribution in [3.05, 3.63) is 64.7 Å². The first kappa shape index (κ1) is 15.5. The molecule has 0 saturated carbocycles. The third-order valence-corrected chi connectivity index (χ3v) is 3.65. The number of aliphatic hydroxyl groups excluding tert-OH is 1. The van der Waals surface area contributed by atoms with Gasteiger partial charge in [-0.05, 0) is 30.3 Å². The first-order chi connectivity index (χ1) is 11.2. The molecule has 0 fully saturated rings. The average molecular weight is 331 g/mol. The molecular formula is C17H15ClN2O3. The molecule has 6 heteroatoms. The molecule has 118 valence electrons. The summed E-state index contributed by atoms with van der Waals surface area (Å²) in [6.45, 7) is 0.268. The Labute approximate surface area is 138 Å². The van der Waals surface area contributed by atoms with Crippen molar-refractivity contribution in [1.82, 2.24) is 0 Å². The molecule has 0 bridgehead atoms. The molecule has 1 aliphatic rings. The molecule has 0 radical (unpaired) electrons. The molecule has 1 amide bonds. The number of carbonyl (C=O) groups is 1. The fourth-order valence-electron chi connectivity index (χ4n) is 2.25. The number of anilines is 1. The smallest absolute Gasteiger partial charge is 0.255 e. The van der Waals surface area contributed by atoms with Gasteiger partial charge >= 0.3 is 0 Å². The van der Waals surface area contributed by atoms with Crippen molar-refractivity contribution in [3.63, 3.8) is 0 Å². The summed E-state index contributed by atoms with van der Waals surface area (Å²) in [7, 11) is 0. The van der Waals surface area contributed by atoms with E-state index in [0.29, 0.717) is 34.3 Å². The van der Waals surface area contributed by atoms with Gasteiger partial charge < -0.3 is 15.2 Å². The maximum Gasteiger partial charge on any atom is 0.255 e. The van der Waals surface area contributed by atoms with Crippen molar-refractivity contribution in [2.24, 2.45) is 4.99 Å². The molecule has 0 aliphatic carbocycles. The van der Waals surface area contributed by atoms with E-state index in [2.05, 4.69) is 10.3 Å². The summed E-state index contributed by atoms with van der Waals surface area (Å²) in [5.41, 5.74) is 1.70. The van der Waals surface area contributed by atoms with Crippen LogP contribution >= 0.6 is 11.6 Å². The summed E-state index contributed by atoms with van der Waals surface area (Å²) in [6.07, 6.45) is -0.360. The summed E-state index contributed by atoms with van der Waals surface area (Å²) in [5.74, 6) is 0.140. The molecule has 0 saturated heterocycles. The number of aliphatic imine (C=N–C) groups is 1. The second-order valence-corrected chi connectivity index (χ2v) is 5.51. The lowest BCUT2D eigenvalue weighted by molar-refractivity contribution is 0.102. The van der Waals surface area contributed by atoms with Crippen LogP contribution in [0.15, 0.2) is 53.5 Å². The lowest BCUT2D eigenvalue weighted by atomic mass is 10.1. The van der Waals surface area contributed by atoms with Gasteiger partial charge in [-0.25, -0.2) is 4.99 Å². The Morgan fingerprint density at radius 2 is 2.09 bits per heavy atom. The second-order valence-electron chi connectivity index (χ2n) is 5.08. The van der Waals surface area contributed by atoms with Crippen LogP contribution in [-0.2, 0) is 4.74 Å². The largest absolute Gasteiger partial charge is 0.470 e. The van der Waals surface area contributed by atoms with Gasteiger partial charge in [-0.2, -0.15) is 0 Å². The van der Waals surface area contributed by atoms with E-state index >= 15 is 0 Å². The summed E-state index contributed by atoms with van der Waals surface area (Å²) in [5, 5.41) is 12.5. The Morgan fingerprint density at radius 3 is 2.78 bits per heavy atom. The molecule has 1 heterocycles. The molecular weight excluding hydrogens is 316 g/mol. The van der Waals surface area contributed by atoms with Gasteiger partial charge in [0.2, 0.25) is 5.90 Å². The first-order valence-electron chi connectivity index (χ1n) is 7.15. The van der Waals surface area contributed by atoms with Crippen molar-refractivity contribution >= 4 is 29.1 Å². The Bertz CT molecular complexity index is 747. The highest BCUT2D eigenvalue weighted by Gasteiger charge is 2.23. The molecule has 0 spiro atoms. The number of rotatable bonds is 4. The molecule has 23 heavy (non-hydrogen) atoms. The molecule has 2 N–H and O–H groups in total. The highest BCUT2D eigenvalue weighted by molar-refractivity contribution is 6.31. The molecule has 1 aliphatic heterocycles. The van der Waals surface area contributed by atoms with Gasteiger partial charge in [-0.1, -0.05) is 29.8 Å². The van der Waals surface area contributed by atoms with E-state index < -0.39 is 0 Å². The Balaban J connectivity index is 1.87. The summed E-state index contributed by atoms with van der Waals surface area (Å²) >= 11 is 6.05. The van der Waals surface area contributed by atoms with Gasteiger partial charge in [0.1, 0.15) is 6.10 Å². The van der Waals surface area contributed by atoms with Crippen LogP contribution in [0.2, 0.25) is 5.02 Å². The lowest BCUT2D eigenvalue weighted by Gasteiger charge is -2.13. The zero-order chi connectivity index (χ0) is 16.2. The van der Waals surface area contributed by atoms with E-state index in [1.54, 1.807) is 42.5 Å². The standard InChI is InChI=1S/C17H15ClN2O3/c18-12-6-7-15(20-16(22)11-4-2-1-3-5-11)14(8-12)17-19-9-13(10-21)23-17/h1-8,13,21H,9-10H2,(H,20,22). The van der Waals surface area contributed by atoms with E-state index in [4.69, 9.17) is 21.4 Å².